The average molecular weight is 290 g/mol. The van der Waals surface area contributed by atoms with Crippen molar-refractivity contribution in [2.24, 2.45) is 17.8 Å². The molecule has 1 aliphatic carbocycles. The maximum Gasteiger partial charge on any atom is 0.307 e. The van der Waals surface area contributed by atoms with Crippen molar-refractivity contribution >= 4 is 17.7 Å². The molecule has 2 rings (SSSR count). The van der Waals surface area contributed by atoms with E-state index >= 15 is 0 Å². The Kier molecular flexibility index (Phi) is 4.60. The molecule has 3 atom stereocenters. The zero-order valence-electron chi connectivity index (χ0n) is 12.7. The fraction of sp³-hybridized carbons (Fsp3) is 0.562. The van der Waals surface area contributed by atoms with Crippen molar-refractivity contribution in [2.75, 3.05) is 5.32 Å². The number of carboxylic acids is 1. The number of aryl methyl sites for hydroxylation is 2. The monoisotopic (exact) mass is 290 g/mol. The molecule has 0 radical (unpaired) electrons. The molecular formula is C16H22N2O3. The number of aliphatic carboxylic acids is 1. The van der Waals surface area contributed by atoms with E-state index in [1.165, 1.54) is 0 Å². The number of carbonyl (C=O) groups excluding carboxylic acids is 1. The molecule has 21 heavy (non-hydrogen) atoms. The first-order valence-electron chi connectivity index (χ1n) is 7.39. The number of carbonyl (C=O) groups is 2. The van der Waals surface area contributed by atoms with Crippen LogP contribution in [0.1, 0.15) is 37.4 Å². The third-order valence-corrected chi connectivity index (χ3v) is 4.24. The zero-order valence-corrected chi connectivity index (χ0v) is 12.7. The van der Waals surface area contributed by atoms with Gasteiger partial charge in [0.05, 0.1) is 11.8 Å². The van der Waals surface area contributed by atoms with E-state index in [-0.39, 0.29) is 5.91 Å². The molecule has 114 valence electrons. The number of nitrogens with one attached hydrogen (secondary N) is 1. The molecule has 1 aliphatic rings. The topological polar surface area (TPSA) is 79.3 Å². The molecule has 3 unspecified atom stereocenters. The van der Waals surface area contributed by atoms with Crippen LogP contribution in [-0.2, 0) is 9.59 Å². The normalized spacial score (nSPS) is 24.8. The van der Waals surface area contributed by atoms with Gasteiger partial charge in [-0.25, -0.2) is 4.98 Å². The summed E-state index contributed by atoms with van der Waals surface area (Å²) in [5.74, 6) is -1.33. The summed E-state index contributed by atoms with van der Waals surface area (Å²) in [6.07, 6.45) is 2.14. The highest BCUT2D eigenvalue weighted by molar-refractivity contribution is 5.94. The molecule has 1 amide bonds. The largest absolute Gasteiger partial charge is 0.481 e. The first-order valence-corrected chi connectivity index (χ1v) is 7.39. The minimum atomic E-state index is -0.875. The Morgan fingerprint density at radius 2 is 1.95 bits per heavy atom. The second-order valence-corrected chi connectivity index (χ2v) is 5.96. The first-order chi connectivity index (χ1) is 9.90. The highest BCUT2D eigenvalue weighted by Gasteiger charge is 2.42. The third kappa shape index (κ3) is 3.60. The molecular weight excluding hydrogens is 268 g/mol. The number of carboxylic acid groups (broad SMARTS) is 1. The Hall–Kier alpha value is -1.91. The number of aromatic nitrogens is 1. The Labute approximate surface area is 124 Å². The number of anilines is 1. The van der Waals surface area contributed by atoms with E-state index in [1.807, 2.05) is 26.8 Å². The highest BCUT2D eigenvalue weighted by atomic mass is 16.4. The molecule has 1 aromatic rings. The summed E-state index contributed by atoms with van der Waals surface area (Å²) in [4.78, 5) is 28.0. The van der Waals surface area contributed by atoms with Gasteiger partial charge >= 0.3 is 5.97 Å². The van der Waals surface area contributed by atoms with E-state index in [0.29, 0.717) is 24.6 Å². The van der Waals surface area contributed by atoms with Gasteiger partial charge in [0.15, 0.2) is 0 Å². The molecule has 0 saturated heterocycles. The number of pyridine rings is 1. The number of hydrogen-bond acceptors (Lipinski definition) is 3. The molecule has 5 nitrogen and oxygen atoms in total. The van der Waals surface area contributed by atoms with E-state index in [9.17, 15) is 14.7 Å². The van der Waals surface area contributed by atoms with Crippen LogP contribution in [0.2, 0.25) is 0 Å². The summed E-state index contributed by atoms with van der Waals surface area (Å²) in [7, 11) is 0. The van der Waals surface area contributed by atoms with Crippen molar-refractivity contribution < 1.29 is 14.7 Å². The van der Waals surface area contributed by atoms with Crippen LogP contribution in [0.15, 0.2) is 12.1 Å². The van der Waals surface area contributed by atoms with Gasteiger partial charge in [0, 0.05) is 5.69 Å². The smallest absolute Gasteiger partial charge is 0.307 e. The van der Waals surface area contributed by atoms with E-state index in [4.69, 9.17) is 0 Å². The molecule has 0 bridgehead atoms. The molecule has 5 heteroatoms. The van der Waals surface area contributed by atoms with Gasteiger partial charge in [-0.2, -0.15) is 0 Å². The van der Waals surface area contributed by atoms with E-state index in [0.717, 1.165) is 17.7 Å². The summed E-state index contributed by atoms with van der Waals surface area (Å²) in [6.45, 7) is 5.84. The van der Waals surface area contributed by atoms with Crippen LogP contribution < -0.4 is 5.32 Å². The van der Waals surface area contributed by atoms with Crippen molar-refractivity contribution in [3.63, 3.8) is 0 Å². The van der Waals surface area contributed by atoms with Crippen LogP contribution in [0.25, 0.3) is 0 Å². The van der Waals surface area contributed by atoms with Gasteiger partial charge in [-0.3, -0.25) is 9.59 Å². The van der Waals surface area contributed by atoms with E-state index in [1.54, 1.807) is 6.07 Å². The summed E-state index contributed by atoms with van der Waals surface area (Å²) >= 11 is 0. The van der Waals surface area contributed by atoms with Crippen LogP contribution in [0, 0.1) is 31.6 Å². The molecule has 1 saturated carbocycles. The van der Waals surface area contributed by atoms with Crippen LogP contribution in [0.5, 0.6) is 0 Å². The van der Waals surface area contributed by atoms with Gasteiger partial charge in [-0.1, -0.05) is 13.3 Å². The van der Waals surface area contributed by atoms with Gasteiger partial charge < -0.3 is 10.4 Å². The lowest BCUT2D eigenvalue weighted by Gasteiger charge is -2.15. The minimum Gasteiger partial charge on any atom is -0.481 e. The maximum atomic E-state index is 12.4. The SMILES string of the molecule is CCC1CC(C(=O)O)C(C(=O)Nc2cc(C)cc(C)n2)C1. The number of hydrogen-bond donors (Lipinski definition) is 2. The summed E-state index contributed by atoms with van der Waals surface area (Å²) in [5, 5.41) is 12.1. The van der Waals surface area contributed by atoms with Crippen LogP contribution >= 0.6 is 0 Å². The van der Waals surface area contributed by atoms with E-state index in [2.05, 4.69) is 10.3 Å². The summed E-state index contributed by atoms with van der Waals surface area (Å²) in [5.41, 5.74) is 1.85. The van der Waals surface area contributed by atoms with Gasteiger partial charge in [0.1, 0.15) is 5.82 Å². The van der Waals surface area contributed by atoms with Gasteiger partial charge in [0.25, 0.3) is 0 Å². The molecule has 0 aliphatic heterocycles. The third-order valence-electron chi connectivity index (χ3n) is 4.24. The Morgan fingerprint density at radius 1 is 1.29 bits per heavy atom. The fourth-order valence-corrected chi connectivity index (χ4v) is 3.16. The maximum absolute atomic E-state index is 12.4. The molecule has 1 aromatic heterocycles. The predicted octanol–water partition coefficient (Wildman–Crippen LogP) is 2.77. The molecule has 1 fully saturated rings. The second-order valence-electron chi connectivity index (χ2n) is 5.96. The highest BCUT2D eigenvalue weighted by Crippen LogP contribution is 2.38. The quantitative estimate of drug-likeness (QED) is 0.893. The number of amides is 1. The number of rotatable bonds is 4. The lowest BCUT2D eigenvalue weighted by atomic mass is 9.95. The molecule has 1 heterocycles. The van der Waals surface area contributed by atoms with E-state index < -0.39 is 17.8 Å². The second kappa shape index (κ2) is 6.24. The summed E-state index contributed by atoms with van der Waals surface area (Å²) in [6, 6.07) is 3.73. The molecule has 0 aromatic carbocycles. The fourth-order valence-electron chi connectivity index (χ4n) is 3.16. The van der Waals surface area contributed by atoms with Crippen molar-refractivity contribution in [1.82, 2.24) is 4.98 Å². The van der Waals surface area contributed by atoms with Gasteiger partial charge in [-0.05, 0) is 50.3 Å². The molecule has 0 spiro atoms. The van der Waals surface area contributed by atoms with Crippen molar-refractivity contribution in [1.29, 1.82) is 0 Å². The Bertz CT molecular complexity index is 536. The lowest BCUT2D eigenvalue weighted by molar-refractivity contribution is -0.145. The number of nitrogens with zero attached hydrogens (tertiary/aromatic N) is 1. The van der Waals surface area contributed by atoms with Crippen molar-refractivity contribution in [3.8, 4) is 0 Å². The Balaban J connectivity index is 2.13. The minimum absolute atomic E-state index is 0.226. The Morgan fingerprint density at radius 3 is 2.52 bits per heavy atom. The molecule has 2 N–H and O–H groups in total. The average Bonchev–Trinajstić information content (AvgIpc) is 2.81. The van der Waals surface area contributed by atoms with Gasteiger partial charge in [-0.15, -0.1) is 0 Å². The van der Waals surface area contributed by atoms with Gasteiger partial charge in [0.2, 0.25) is 5.91 Å². The summed E-state index contributed by atoms with van der Waals surface area (Å²) < 4.78 is 0. The predicted molar refractivity (Wildman–Crippen MR) is 80.0 cm³/mol. The van der Waals surface area contributed by atoms with Crippen LogP contribution in [0.3, 0.4) is 0 Å². The lowest BCUT2D eigenvalue weighted by Crippen LogP contribution is -2.30. The zero-order chi connectivity index (χ0) is 15.6. The van der Waals surface area contributed by atoms with Crippen LogP contribution in [0.4, 0.5) is 5.82 Å². The first kappa shape index (κ1) is 15.5. The van der Waals surface area contributed by atoms with Crippen molar-refractivity contribution in [3.05, 3.63) is 23.4 Å². The van der Waals surface area contributed by atoms with Crippen LogP contribution in [-0.4, -0.2) is 22.0 Å². The standard InChI is InChI=1S/C16H22N2O3/c1-4-11-7-12(13(8-11)16(20)21)15(19)18-14-6-9(2)5-10(3)17-14/h5-6,11-13H,4,7-8H2,1-3H3,(H,20,21)(H,17,18,19). The van der Waals surface area contributed by atoms with Crippen molar-refractivity contribution in [2.45, 2.75) is 40.0 Å².